The van der Waals surface area contributed by atoms with Crippen LogP contribution in [-0.2, 0) is 0 Å². The van der Waals surface area contributed by atoms with Gasteiger partial charge in [-0.05, 0) is 6.07 Å². The molecule has 0 heterocycles. The Morgan fingerprint density at radius 1 is 0.857 bits per heavy atom. The molecule has 0 bridgehead atoms. The molecule has 0 saturated carbocycles. The van der Waals surface area contributed by atoms with E-state index in [0.717, 1.165) is 0 Å². The zero-order chi connectivity index (χ0) is 4.24. The predicted molar refractivity (Wildman–Crippen MR) is 35.2 cm³/mol. The first-order valence-corrected chi connectivity index (χ1v) is 1.91. The summed E-state index contributed by atoms with van der Waals surface area (Å²) in [6.07, 6.45) is 0. The third-order valence-electron chi connectivity index (χ3n) is 0.607. The standard InChI is InChI=1S/C6H5.In.3H/c1-2-4-6-5-3-1;;;;/h1-5H;;;;. The fraction of sp³-hybridized carbons (Fsp3) is 0. The maximum absolute atomic E-state index is 2.89. The van der Waals surface area contributed by atoms with Gasteiger partial charge in [0.05, 0.1) is 0 Å². The molecule has 0 spiro atoms. The van der Waals surface area contributed by atoms with Gasteiger partial charge < -0.3 is 0 Å². The van der Waals surface area contributed by atoms with Crippen molar-refractivity contribution < 1.29 is 0 Å². The third kappa shape index (κ3) is 2.75. The maximum atomic E-state index is 2.89. The first-order chi connectivity index (χ1) is 3.00. The summed E-state index contributed by atoms with van der Waals surface area (Å²) in [5, 5.41) is 0. The summed E-state index contributed by atoms with van der Waals surface area (Å²) in [5.74, 6) is 0. The van der Waals surface area contributed by atoms with Crippen molar-refractivity contribution in [3.8, 4) is 0 Å². The van der Waals surface area contributed by atoms with Crippen LogP contribution in [0.15, 0.2) is 30.3 Å². The van der Waals surface area contributed by atoms with Gasteiger partial charge in [0, 0.05) is 0 Å². The predicted octanol–water partition coefficient (Wildman–Crippen LogP) is 0.303. The Balaban J connectivity index is 0.000000360. The number of rotatable bonds is 0. The van der Waals surface area contributed by atoms with E-state index in [4.69, 9.17) is 0 Å². The van der Waals surface area contributed by atoms with Crippen LogP contribution in [0.2, 0.25) is 0 Å². The minimum absolute atomic E-state index is 0. The molecular weight excluding hydrogens is 187 g/mol. The van der Waals surface area contributed by atoms with Crippen LogP contribution in [0.25, 0.3) is 0 Å². The zero-order valence-corrected chi connectivity index (χ0v) is 3.39. The Kier molecular flexibility index (Phi) is 4.31. The molecule has 1 rings (SSSR count). The topological polar surface area (TPSA) is 0 Å². The van der Waals surface area contributed by atoms with Crippen LogP contribution in [0.3, 0.4) is 0 Å². The smallest absolute Gasteiger partial charge is 0.0184 e. The molecule has 1 heteroatoms. The van der Waals surface area contributed by atoms with E-state index in [-0.39, 0.29) is 25.8 Å². The Bertz CT molecular complexity index is 76.1. The monoisotopic (exact) mass is 195 g/mol. The van der Waals surface area contributed by atoms with Crippen molar-refractivity contribution in [3.63, 3.8) is 0 Å². The van der Waals surface area contributed by atoms with E-state index in [9.17, 15) is 0 Å². The van der Waals surface area contributed by atoms with Crippen molar-refractivity contribution in [2.24, 2.45) is 0 Å². The minimum Gasteiger partial charge on any atom is -0.0622 e. The first kappa shape index (κ1) is 7.09. The second kappa shape index (κ2) is 4.25. The van der Waals surface area contributed by atoms with Crippen molar-refractivity contribution in [1.82, 2.24) is 0 Å². The summed E-state index contributed by atoms with van der Waals surface area (Å²) < 4.78 is 0. The largest absolute Gasteiger partial charge is 0.0622 e. The molecule has 1 aromatic rings. The van der Waals surface area contributed by atoms with Crippen molar-refractivity contribution >= 4 is 25.8 Å². The molecule has 7 heavy (non-hydrogen) atoms. The number of hydrogen-bond acceptors (Lipinski definition) is 0. The maximum Gasteiger partial charge on any atom is -0.0184 e. The van der Waals surface area contributed by atoms with Gasteiger partial charge in [-0.25, -0.2) is 0 Å². The summed E-state index contributed by atoms with van der Waals surface area (Å²) in [7, 11) is 0. The molecule has 0 aliphatic carbocycles. The van der Waals surface area contributed by atoms with Gasteiger partial charge in [-0.15, -0.1) is 0 Å². The Hall–Kier alpha value is 0.0901. The zero-order valence-electron chi connectivity index (χ0n) is 3.39. The van der Waals surface area contributed by atoms with Gasteiger partial charge in [-0.3, -0.25) is 0 Å². The van der Waals surface area contributed by atoms with Crippen molar-refractivity contribution in [2.45, 2.75) is 0 Å². The molecule has 0 aliphatic heterocycles. The first-order valence-electron chi connectivity index (χ1n) is 1.91. The van der Waals surface area contributed by atoms with Gasteiger partial charge in [0.25, 0.3) is 0 Å². The van der Waals surface area contributed by atoms with Gasteiger partial charge in [0.15, 0.2) is 0 Å². The minimum atomic E-state index is 0. The molecule has 0 nitrogen and oxygen atoms in total. The van der Waals surface area contributed by atoms with Crippen molar-refractivity contribution in [3.05, 3.63) is 36.4 Å². The molecule has 0 unspecified atom stereocenters. The van der Waals surface area contributed by atoms with Crippen LogP contribution in [-0.4, -0.2) is 25.8 Å². The van der Waals surface area contributed by atoms with Crippen LogP contribution in [0.5, 0.6) is 0 Å². The van der Waals surface area contributed by atoms with Crippen LogP contribution < -0.4 is 0 Å². The van der Waals surface area contributed by atoms with Gasteiger partial charge in [0.2, 0.25) is 0 Å². The fourth-order valence-corrected chi connectivity index (χ4v) is 0.342. The molecule has 1 radical (unpaired) electrons. The van der Waals surface area contributed by atoms with Crippen LogP contribution in [0.4, 0.5) is 0 Å². The van der Waals surface area contributed by atoms with Crippen LogP contribution in [0.1, 0.15) is 0 Å². The average Bonchev–Trinajstić information content (AvgIpc) is 1.72. The van der Waals surface area contributed by atoms with Crippen LogP contribution >= 0.6 is 0 Å². The van der Waals surface area contributed by atoms with Gasteiger partial charge >= 0.3 is 25.8 Å². The molecule has 0 saturated heterocycles. The van der Waals surface area contributed by atoms with E-state index in [1.54, 1.807) is 0 Å². The Morgan fingerprint density at radius 3 is 1.57 bits per heavy atom. The van der Waals surface area contributed by atoms with Gasteiger partial charge in [0.1, 0.15) is 0 Å². The molecular formula is C6H8In. The van der Waals surface area contributed by atoms with E-state index in [1.165, 1.54) is 0 Å². The molecule has 0 fully saturated rings. The Labute approximate surface area is 62.3 Å². The summed E-state index contributed by atoms with van der Waals surface area (Å²) in [5.41, 5.74) is 0. The van der Waals surface area contributed by atoms with E-state index in [0.29, 0.717) is 0 Å². The van der Waals surface area contributed by atoms with E-state index >= 15 is 0 Å². The molecule has 0 N–H and O–H groups in total. The molecule has 0 atom stereocenters. The van der Waals surface area contributed by atoms with Crippen LogP contribution in [0, 0.1) is 6.07 Å². The molecule has 0 aromatic heterocycles. The molecule has 35 valence electrons. The normalized spacial score (nSPS) is 6.86. The second-order valence-corrected chi connectivity index (χ2v) is 1.08. The van der Waals surface area contributed by atoms with Crippen molar-refractivity contribution in [1.29, 1.82) is 0 Å². The number of hydrogen-bond donors (Lipinski definition) is 0. The fourth-order valence-electron chi connectivity index (χ4n) is 0.342. The SMILES string of the molecule is [InH3].[c]1ccccc1. The summed E-state index contributed by atoms with van der Waals surface area (Å²) in [4.78, 5) is 0. The van der Waals surface area contributed by atoms with E-state index < -0.39 is 0 Å². The average molecular weight is 195 g/mol. The van der Waals surface area contributed by atoms with E-state index in [2.05, 4.69) is 6.07 Å². The van der Waals surface area contributed by atoms with Crippen molar-refractivity contribution in [2.75, 3.05) is 0 Å². The number of benzene rings is 1. The summed E-state index contributed by atoms with van der Waals surface area (Å²) in [6.45, 7) is 0. The molecule has 0 amide bonds. The quantitative estimate of drug-likeness (QED) is 0.558. The second-order valence-electron chi connectivity index (χ2n) is 1.08. The Morgan fingerprint density at radius 2 is 1.43 bits per heavy atom. The summed E-state index contributed by atoms with van der Waals surface area (Å²) >= 11 is 0. The molecule has 1 aromatic carbocycles. The summed E-state index contributed by atoms with van der Waals surface area (Å²) in [6, 6.07) is 12.5. The molecule has 0 aliphatic rings. The van der Waals surface area contributed by atoms with E-state index in [1.807, 2.05) is 30.3 Å². The van der Waals surface area contributed by atoms with Gasteiger partial charge in [-0.1, -0.05) is 30.3 Å². The van der Waals surface area contributed by atoms with Gasteiger partial charge in [-0.2, -0.15) is 0 Å². The third-order valence-corrected chi connectivity index (χ3v) is 0.607.